The van der Waals surface area contributed by atoms with Crippen LogP contribution in [0, 0.1) is 0 Å². The maximum atomic E-state index is 11.6. The van der Waals surface area contributed by atoms with Gasteiger partial charge in [-0.3, -0.25) is 0 Å². The zero-order chi connectivity index (χ0) is 11.9. The summed E-state index contributed by atoms with van der Waals surface area (Å²) in [6, 6.07) is 1.83. The van der Waals surface area contributed by atoms with Crippen molar-refractivity contribution in [3.8, 4) is 0 Å². The number of H-pyrrole nitrogens is 1. The lowest BCUT2D eigenvalue weighted by Gasteiger charge is -2.14. The molecule has 0 aromatic carbocycles. The van der Waals surface area contributed by atoms with Gasteiger partial charge in [-0.15, -0.1) is 0 Å². The van der Waals surface area contributed by atoms with Gasteiger partial charge in [0.25, 0.3) is 0 Å². The molecule has 0 aliphatic carbocycles. The molecule has 0 amide bonds. The van der Waals surface area contributed by atoms with E-state index in [4.69, 9.17) is 0 Å². The van der Waals surface area contributed by atoms with Crippen LogP contribution in [0.15, 0.2) is 10.9 Å². The smallest absolute Gasteiger partial charge is 0.348 e. The van der Waals surface area contributed by atoms with E-state index < -0.39 is 0 Å². The summed E-state index contributed by atoms with van der Waals surface area (Å²) in [4.78, 5) is 17.8. The molecule has 2 rings (SSSR count). The highest BCUT2D eigenvalue weighted by Gasteiger charge is 2.13. The molecule has 0 aliphatic rings. The Morgan fingerprint density at radius 3 is 2.69 bits per heavy atom. The second-order valence-corrected chi connectivity index (χ2v) is 4.25. The minimum absolute atomic E-state index is 0.262. The van der Waals surface area contributed by atoms with E-state index in [1.54, 1.807) is 4.90 Å². The van der Waals surface area contributed by atoms with Crippen molar-refractivity contribution >= 4 is 11.6 Å². The summed E-state index contributed by atoms with van der Waals surface area (Å²) in [5.41, 5.74) is 1.27. The Morgan fingerprint density at radius 2 is 2.12 bits per heavy atom. The fourth-order valence-corrected chi connectivity index (χ4v) is 1.53. The number of rotatable bonds is 2. The number of fused-ring (bicyclic) bond motifs is 1. The Kier molecular flexibility index (Phi) is 2.41. The molecule has 0 saturated carbocycles. The predicted octanol–water partition coefficient (Wildman–Crippen LogP) is 0.607. The summed E-state index contributed by atoms with van der Waals surface area (Å²) >= 11 is 0. The quantitative estimate of drug-likeness (QED) is 0.806. The lowest BCUT2D eigenvalue weighted by atomic mass is 10.1. The third-order valence-corrected chi connectivity index (χ3v) is 2.40. The minimum Gasteiger partial charge on any atom is -0.348 e. The van der Waals surface area contributed by atoms with Gasteiger partial charge in [0.2, 0.25) is 5.95 Å². The van der Waals surface area contributed by atoms with E-state index >= 15 is 0 Å². The molecule has 0 spiro atoms. The molecule has 2 heterocycles. The molecule has 0 bridgehead atoms. The molecule has 86 valence electrons. The third kappa shape index (κ3) is 1.56. The van der Waals surface area contributed by atoms with Gasteiger partial charge in [0.1, 0.15) is 0 Å². The summed E-state index contributed by atoms with van der Waals surface area (Å²) in [6.45, 7) is 4.12. The van der Waals surface area contributed by atoms with Crippen LogP contribution >= 0.6 is 0 Å². The van der Waals surface area contributed by atoms with Crippen molar-refractivity contribution in [1.29, 1.82) is 0 Å². The number of aromatic nitrogens is 4. The molecule has 0 atom stereocenters. The molecule has 0 aliphatic heterocycles. The molecule has 1 N–H and O–H groups in total. The van der Waals surface area contributed by atoms with Crippen molar-refractivity contribution in [1.82, 2.24) is 19.6 Å². The summed E-state index contributed by atoms with van der Waals surface area (Å²) in [7, 11) is 3.70. The SMILES string of the molecule is CC(C)c1cc2n[nH]c(=O)n2c(N(C)C)n1. The van der Waals surface area contributed by atoms with E-state index in [9.17, 15) is 4.79 Å². The zero-order valence-electron chi connectivity index (χ0n) is 9.85. The molecular formula is C10H15N5O. The fourth-order valence-electron chi connectivity index (χ4n) is 1.53. The van der Waals surface area contributed by atoms with Crippen molar-refractivity contribution in [2.24, 2.45) is 0 Å². The van der Waals surface area contributed by atoms with Gasteiger partial charge in [-0.1, -0.05) is 13.8 Å². The zero-order valence-corrected chi connectivity index (χ0v) is 9.85. The summed E-state index contributed by atoms with van der Waals surface area (Å²) in [5.74, 6) is 0.899. The van der Waals surface area contributed by atoms with E-state index in [1.165, 1.54) is 4.40 Å². The average molecular weight is 221 g/mol. The number of aromatic amines is 1. The Hall–Kier alpha value is -1.85. The molecule has 16 heavy (non-hydrogen) atoms. The second kappa shape index (κ2) is 3.62. The lowest BCUT2D eigenvalue weighted by Crippen LogP contribution is -2.22. The van der Waals surface area contributed by atoms with Crippen LogP contribution in [0.5, 0.6) is 0 Å². The number of nitrogens with zero attached hydrogens (tertiary/aromatic N) is 4. The largest absolute Gasteiger partial charge is 0.350 e. The topological polar surface area (TPSA) is 66.3 Å². The van der Waals surface area contributed by atoms with Crippen molar-refractivity contribution in [2.45, 2.75) is 19.8 Å². The summed E-state index contributed by atoms with van der Waals surface area (Å²) in [5, 5.41) is 6.39. The number of anilines is 1. The van der Waals surface area contributed by atoms with Gasteiger partial charge in [0, 0.05) is 20.2 Å². The lowest BCUT2D eigenvalue weighted by molar-refractivity contribution is 0.799. The highest BCUT2D eigenvalue weighted by atomic mass is 16.1. The first-order valence-electron chi connectivity index (χ1n) is 5.16. The molecule has 6 nitrogen and oxygen atoms in total. The normalized spacial score (nSPS) is 11.3. The van der Waals surface area contributed by atoms with Crippen LogP contribution < -0.4 is 10.6 Å². The van der Waals surface area contributed by atoms with Crippen LogP contribution in [-0.2, 0) is 0 Å². The van der Waals surface area contributed by atoms with Gasteiger partial charge >= 0.3 is 5.69 Å². The maximum absolute atomic E-state index is 11.6. The van der Waals surface area contributed by atoms with Crippen molar-refractivity contribution < 1.29 is 0 Å². The molecule has 0 radical (unpaired) electrons. The van der Waals surface area contributed by atoms with Gasteiger partial charge in [-0.05, 0) is 5.92 Å². The maximum Gasteiger partial charge on any atom is 0.350 e. The number of hydrogen-bond donors (Lipinski definition) is 1. The number of nitrogens with one attached hydrogen (secondary N) is 1. The van der Waals surface area contributed by atoms with Crippen LogP contribution in [0.1, 0.15) is 25.5 Å². The van der Waals surface area contributed by atoms with Crippen LogP contribution in [0.4, 0.5) is 5.95 Å². The Labute approximate surface area is 92.9 Å². The molecule has 0 saturated heterocycles. The Balaban J connectivity index is 2.81. The van der Waals surface area contributed by atoms with Gasteiger partial charge in [0.05, 0.1) is 5.69 Å². The van der Waals surface area contributed by atoms with Crippen molar-refractivity contribution in [3.63, 3.8) is 0 Å². The van der Waals surface area contributed by atoms with Gasteiger partial charge in [-0.2, -0.15) is 5.10 Å². The van der Waals surface area contributed by atoms with Crippen molar-refractivity contribution in [3.05, 3.63) is 22.2 Å². The average Bonchev–Trinajstić information content (AvgIpc) is 2.59. The Morgan fingerprint density at radius 1 is 1.44 bits per heavy atom. The predicted molar refractivity (Wildman–Crippen MR) is 62.0 cm³/mol. The van der Waals surface area contributed by atoms with Gasteiger partial charge < -0.3 is 4.90 Å². The van der Waals surface area contributed by atoms with E-state index in [2.05, 4.69) is 29.0 Å². The Bertz CT molecular complexity index is 566. The molecular weight excluding hydrogens is 206 g/mol. The van der Waals surface area contributed by atoms with Gasteiger partial charge in [0.15, 0.2) is 5.65 Å². The van der Waals surface area contributed by atoms with E-state index in [0.29, 0.717) is 17.5 Å². The molecule has 0 fully saturated rings. The highest BCUT2D eigenvalue weighted by Crippen LogP contribution is 2.17. The molecule has 2 aromatic heterocycles. The standard InChI is InChI=1S/C10H15N5O/c1-6(2)7-5-8-12-13-10(16)15(8)9(11-7)14(3)4/h5-6H,1-4H3,(H,13,16). The first-order valence-corrected chi connectivity index (χ1v) is 5.16. The number of hydrogen-bond acceptors (Lipinski definition) is 4. The van der Waals surface area contributed by atoms with Crippen LogP contribution in [-0.4, -0.2) is 33.7 Å². The van der Waals surface area contributed by atoms with E-state index in [1.807, 2.05) is 20.2 Å². The highest BCUT2D eigenvalue weighted by molar-refractivity contribution is 5.47. The van der Waals surface area contributed by atoms with Gasteiger partial charge in [-0.25, -0.2) is 19.3 Å². The van der Waals surface area contributed by atoms with E-state index in [0.717, 1.165) is 5.69 Å². The fraction of sp³-hybridized carbons (Fsp3) is 0.500. The first-order chi connectivity index (χ1) is 7.50. The minimum atomic E-state index is -0.262. The molecule has 0 unspecified atom stereocenters. The second-order valence-electron chi connectivity index (χ2n) is 4.25. The molecule has 2 aromatic rings. The van der Waals surface area contributed by atoms with Crippen LogP contribution in [0.2, 0.25) is 0 Å². The van der Waals surface area contributed by atoms with Crippen molar-refractivity contribution in [2.75, 3.05) is 19.0 Å². The summed E-state index contributed by atoms with van der Waals surface area (Å²) < 4.78 is 1.46. The summed E-state index contributed by atoms with van der Waals surface area (Å²) in [6.07, 6.45) is 0. The first kappa shape index (κ1) is 10.7. The van der Waals surface area contributed by atoms with E-state index in [-0.39, 0.29) is 5.69 Å². The monoisotopic (exact) mass is 221 g/mol. The molecule has 6 heteroatoms. The van der Waals surface area contributed by atoms with Crippen LogP contribution in [0.3, 0.4) is 0 Å². The van der Waals surface area contributed by atoms with Crippen LogP contribution in [0.25, 0.3) is 5.65 Å². The third-order valence-electron chi connectivity index (χ3n) is 2.40.